The molecule has 2 N–H and O–H groups in total. The summed E-state index contributed by atoms with van der Waals surface area (Å²) in [6, 6.07) is 0.502. The Labute approximate surface area is 79.0 Å². The van der Waals surface area contributed by atoms with Crippen LogP contribution < -0.4 is 5.73 Å². The van der Waals surface area contributed by atoms with E-state index < -0.39 is 9.84 Å². The smallest absolute Gasteiger partial charge is 0.151 e. The Balaban J connectivity index is 1.97. The van der Waals surface area contributed by atoms with Crippen LogP contribution in [0.2, 0.25) is 0 Å². The molecule has 2 saturated heterocycles. The molecule has 0 spiro atoms. The van der Waals surface area contributed by atoms with E-state index in [1.165, 1.54) is 0 Å². The van der Waals surface area contributed by atoms with Crippen LogP contribution in [-0.2, 0) is 9.84 Å². The molecule has 5 heteroatoms. The van der Waals surface area contributed by atoms with Crippen LogP contribution in [0.5, 0.6) is 0 Å². The number of hydrogen-bond donors (Lipinski definition) is 1. The lowest BCUT2D eigenvalue weighted by molar-refractivity contribution is 0.260. The number of rotatable bonds is 1. The molecular formula is C8H16N2O2S. The predicted octanol–water partition coefficient (Wildman–Crippen LogP) is -0.793. The zero-order valence-electron chi connectivity index (χ0n) is 7.65. The molecule has 0 amide bonds. The van der Waals surface area contributed by atoms with Crippen molar-refractivity contribution in [2.24, 2.45) is 5.73 Å². The highest BCUT2D eigenvalue weighted by Crippen LogP contribution is 2.21. The Morgan fingerprint density at radius 3 is 2.54 bits per heavy atom. The average Bonchev–Trinajstić information content (AvgIpc) is 2.56. The van der Waals surface area contributed by atoms with Gasteiger partial charge in [0, 0.05) is 25.2 Å². The molecule has 0 aromatic carbocycles. The Morgan fingerprint density at radius 2 is 2.08 bits per heavy atom. The van der Waals surface area contributed by atoms with Gasteiger partial charge in [-0.1, -0.05) is 0 Å². The predicted molar refractivity (Wildman–Crippen MR) is 51.2 cm³/mol. The van der Waals surface area contributed by atoms with Crippen molar-refractivity contribution in [1.29, 1.82) is 0 Å². The van der Waals surface area contributed by atoms with Gasteiger partial charge in [-0.15, -0.1) is 0 Å². The van der Waals surface area contributed by atoms with Gasteiger partial charge in [-0.05, 0) is 12.8 Å². The van der Waals surface area contributed by atoms with Crippen LogP contribution in [0.25, 0.3) is 0 Å². The van der Waals surface area contributed by atoms with Gasteiger partial charge < -0.3 is 5.73 Å². The summed E-state index contributed by atoms with van der Waals surface area (Å²) in [7, 11) is -2.73. The van der Waals surface area contributed by atoms with Crippen LogP contribution in [0.4, 0.5) is 0 Å². The largest absolute Gasteiger partial charge is 0.326 e. The van der Waals surface area contributed by atoms with Gasteiger partial charge in [-0.2, -0.15) is 0 Å². The first kappa shape index (κ1) is 9.43. The van der Waals surface area contributed by atoms with Gasteiger partial charge in [0.25, 0.3) is 0 Å². The fraction of sp³-hybridized carbons (Fsp3) is 1.00. The quantitative estimate of drug-likeness (QED) is 0.608. The summed E-state index contributed by atoms with van der Waals surface area (Å²) in [6.45, 7) is 1.85. The normalized spacial score (nSPS) is 39.8. The van der Waals surface area contributed by atoms with Gasteiger partial charge in [-0.3, -0.25) is 4.90 Å². The molecule has 1 unspecified atom stereocenters. The number of hydrogen-bond acceptors (Lipinski definition) is 4. The minimum Gasteiger partial charge on any atom is -0.326 e. The third kappa shape index (κ3) is 2.03. The van der Waals surface area contributed by atoms with Crippen LogP contribution in [0.15, 0.2) is 0 Å². The van der Waals surface area contributed by atoms with Crippen LogP contribution in [0.3, 0.4) is 0 Å². The zero-order chi connectivity index (χ0) is 9.47. The summed E-state index contributed by atoms with van der Waals surface area (Å²) in [5.41, 5.74) is 5.77. The van der Waals surface area contributed by atoms with Gasteiger partial charge >= 0.3 is 0 Å². The fourth-order valence-electron chi connectivity index (χ4n) is 2.21. The molecule has 0 aromatic rings. The Kier molecular flexibility index (Phi) is 2.33. The molecule has 76 valence electrons. The van der Waals surface area contributed by atoms with Crippen molar-refractivity contribution in [2.75, 3.05) is 24.6 Å². The van der Waals surface area contributed by atoms with Gasteiger partial charge in [0.2, 0.25) is 0 Å². The molecule has 4 nitrogen and oxygen atoms in total. The van der Waals surface area contributed by atoms with E-state index in [0.717, 1.165) is 25.9 Å². The standard InChI is InChI=1S/C8H16N2O2S/c9-7-1-3-10(5-7)8-2-4-13(11,12)6-8/h7-8H,1-6,9H2/t7-,8?/m0/s1. The number of sulfone groups is 1. The van der Waals surface area contributed by atoms with Crippen molar-refractivity contribution in [3.8, 4) is 0 Å². The molecule has 0 aromatic heterocycles. The second-order valence-corrected chi connectivity index (χ2v) is 6.33. The summed E-state index contributed by atoms with van der Waals surface area (Å²) in [4.78, 5) is 2.23. The SMILES string of the molecule is N[C@H]1CCN(C2CCS(=O)(=O)C2)C1. The Morgan fingerprint density at radius 1 is 1.31 bits per heavy atom. The highest BCUT2D eigenvalue weighted by atomic mass is 32.2. The Hall–Kier alpha value is -0.130. The van der Waals surface area contributed by atoms with E-state index in [4.69, 9.17) is 5.73 Å². The van der Waals surface area contributed by atoms with Gasteiger partial charge in [0.05, 0.1) is 11.5 Å². The lowest BCUT2D eigenvalue weighted by Gasteiger charge is -2.21. The summed E-state index contributed by atoms with van der Waals surface area (Å²) < 4.78 is 22.4. The van der Waals surface area contributed by atoms with Crippen molar-refractivity contribution in [3.63, 3.8) is 0 Å². The summed E-state index contributed by atoms with van der Waals surface area (Å²) >= 11 is 0. The maximum atomic E-state index is 11.2. The minimum atomic E-state index is -2.73. The molecule has 2 aliphatic rings. The summed E-state index contributed by atoms with van der Waals surface area (Å²) in [6.07, 6.45) is 1.81. The first-order valence-corrected chi connectivity index (χ1v) is 6.59. The topological polar surface area (TPSA) is 63.4 Å². The Bertz CT molecular complexity index is 289. The minimum absolute atomic E-state index is 0.249. The molecule has 13 heavy (non-hydrogen) atoms. The first-order chi connectivity index (χ1) is 6.07. The van der Waals surface area contributed by atoms with Gasteiger partial charge in [0.15, 0.2) is 9.84 Å². The van der Waals surface area contributed by atoms with Crippen molar-refractivity contribution >= 4 is 9.84 Å². The number of nitrogens with zero attached hydrogens (tertiary/aromatic N) is 1. The number of nitrogens with two attached hydrogens (primary N) is 1. The van der Waals surface area contributed by atoms with Crippen LogP contribution in [0, 0.1) is 0 Å². The van der Waals surface area contributed by atoms with E-state index in [9.17, 15) is 8.42 Å². The molecular weight excluding hydrogens is 188 g/mol. The van der Waals surface area contributed by atoms with Gasteiger partial charge in [0.1, 0.15) is 0 Å². The third-order valence-corrected chi connectivity index (χ3v) is 4.73. The maximum absolute atomic E-state index is 11.2. The fourth-order valence-corrected chi connectivity index (χ4v) is 3.97. The molecule has 2 atom stereocenters. The summed E-state index contributed by atoms with van der Waals surface area (Å²) in [5.74, 6) is 0.711. The first-order valence-electron chi connectivity index (χ1n) is 4.77. The second kappa shape index (κ2) is 3.22. The zero-order valence-corrected chi connectivity index (χ0v) is 8.46. The van der Waals surface area contributed by atoms with Crippen LogP contribution >= 0.6 is 0 Å². The lowest BCUT2D eigenvalue weighted by Crippen LogP contribution is -2.36. The van der Waals surface area contributed by atoms with Crippen molar-refractivity contribution in [1.82, 2.24) is 4.90 Å². The highest BCUT2D eigenvalue weighted by Gasteiger charge is 2.34. The number of likely N-dealkylation sites (tertiary alicyclic amines) is 1. The molecule has 2 heterocycles. The lowest BCUT2D eigenvalue weighted by atomic mass is 10.2. The monoisotopic (exact) mass is 204 g/mol. The molecule has 0 saturated carbocycles. The average molecular weight is 204 g/mol. The van der Waals surface area contributed by atoms with E-state index >= 15 is 0 Å². The van der Waals surface area contributed by atoms with E-state index in [2.05, 4.69) is 4.90 Å². The molecule has 0 radical (unpaired) electrons. The third-order valence-electron chi connectivity index (χ3n) is 2.98. The van der Waals surface area contributed by atoms with E-state index in [1.54, 1.807) is 0 Å². The maximum Gasteiger partial charge on any atom is 0.151 e. The van der Waals surface area contributed by atoms with Crippen molar-refractivity contribution in [2.45, 2.75) is 24.9 Å². The van der Waals surface area contributed by atoms with E-state index in [0.29, 0.717) is 11.5 Å². The second-order valence-electron chi connectivity index (χ2n) is 4.10. The van der Waals surface area contributed by atoms with Crippen LogP contribution in [-0.4, -0.2) is 50.0 Å². The molecule has 2 rings (SSSR count). The summed E-state index contributed by atoms with van der Waals surface area (Å²) in [5, 5.41) is 0. The van der Waals surface area contributed by atoms with Crippen LogP contribution in [0.1, 0.15) is 12.8 Å². The molecule has 2 aliphatic heterocycles. The van der Waals surface area contributed by atoms with Gasteiger partial charge in [-0.25, -0.2) is 8.42 Å². The van der Waals surface area contributed by atoms with Crippen molar-refractivity contribution in [3.05, 3.63) is 0 Å². The molecule has 0 bridgehead atoms. The highest BCUT2D eigenvalue weighted by molar-refractivity contribution is 7.91. The van der Waals surface area contributed by atoms with Crippen molar-refractivity contribution < 1.29 is 8.42 Å². The van der Waals surface area contributed by atoms with E-state index in [1.807, 2.05) is 0 Å². The molecule has 2 fully saturated rings. The molecule has 0 aliphatic carbocycles. The van der Waals surface area contributed by atoms with E-state index in [-0.39, 0.29) is 12.1 Å².